The van der Waals surface area contributed by atoms with Gasteiger partial charge in [0.25, 0.3) is 0 Å². The minimum absolute atomic E-state index is 0.138. The van der Waals surface area contributed by atoms with Crippen LogP contribution < -0.4 is 5.32 Å². The van der Waals surface area contributed by atoms with E-state index in [0.29, 0.717) is 13.0 Å². The summed E-state index contributed by atoms with van der Waals surface area (Å²) >= 11 is 0. The highest BCUT2D eigenvalue weighted by Crippen LogP contribution is 2.47. The van der Waals surface area contributed by atoms with E-state index >= 15 is 0 Å². The Morgan fingerprint density at radius 2 is 1.93 bits per heavy atom. The third-order valence-corrected chi connectivity index (χ3v) is 3.86. The van der Waals surface area contributed by atoms with Crippen molar-refractivity contribution in [1.82, 2.24) is 5.32 Å². The Morgan fingerprint density at radius 3 is 2.40 bits per heavy atom. The van der Waals surface area contributed by atoms with Crippen molar-refractivity contribution < 1.29 is 13.2 Å². The number of alkyl halides is 3. The first kappa shape index (κ1) is 12.8. The molecule has 0 radical (unpaired) electrons. The fourth-order valence-corrected chi connectivity index (χ4v) is 2.73. The van der Waals surface area contributed by atoms with Crippen molar-refractivity contribution >= 4 is 0 Å². The molecule has 0 aromatic carbocycles. The Balaban J connectivity index is 2.98. The molecule has 1 aliphatic rings. The van der Waals surface area contributed by atoms with Gasteiger partial charge in [-0.3, -0.25) is 0 Å². The van der Waals surface area contributed by atoms with Crippen molar-refractivity contribution in [2.24, 2.45) is 11.8 Å². The molecule has 1 fully saturated rings. The fraction of sp³-hybridized carbons (Fsp3) is 1.00. The van der Waals surface area contributed by atoms with Gasteiger partial charge >= 0.3 is 6.18 Å². The number of hydrogen-bond donors (Lipinski definition) is 1. The SMILES string of the molecule is CCNC1(C(F)(F)F)CCCC(C)C1C. The highest BCUT2D eigenvalue weighted by atomic mass is 19.4. The van der Waals surface area contributed by atoms with Crippen LogP contribution in [0.4, 0.5) is 13.2 Å². The van der Waals surface area contributed by atoms with Gasteiger partial charge in [-0.15, -0.1) is 0 Å². The molecular weight excluding hydrogens is 203 g/mol. The zero-order chi connectivity index (χ0) is 11.7. The lowest BCUT2D eigenvalue weighted by Gasteiger charge is -2.47. The van der Waals surface area contributed by atoms with E-state index in [-0.39, 0.29) is 18.3 Å². The minimum Gasteiger partial charge on any atom is -0.304 e. The topological polar surface area (TPSA) is 12.0 Å². The maximum atomic E-state index is 13.1. The van der Waals surface area contributed by atoms with E-state index < -0.39 is 11.7 Å². The van der Waals surface area contributed by atoms with Crippen LogP contribution in [0.25, 0.3) is 0 Å². The highest BCUT2D eigenvalue weighted by molar-refractivity contribution is 5.02. The lowest BCUT2D eigenvalue weighted by atomic mass is 9.68. The van der Waals surface area contributed by atoms with Gasteiger partial charge in [0.1, 0.15) is 5.54 Å². The van der Waals surface area contributed by atoms with Gasteiger partial charge in [0, 0.05) is 0 Å². The average molecular weight is 223 g/mol. The molecule has 1 nitrogen and oxygen atoms in total. The van der Waals surface area contributed by atoms with E-state index in [0.717, 1.165) is 6.42 Å². The Hall–Kier alpha value is -0.250. The Kier molecular flexibility index (Phi) is 3.69. The summed E-state index contributed by atoms with van der Waals surface area (Å²) in [5, 5.41) is 2.69. The molecule has 3 atom stereocenters. The van der Waals surface area contributed by atoms with Crippen molar-refractivity contribution in [3.63, 3.8) is 0 Å². The van der Waals surface area contributed by atoms with Crippen molar-refractivity contribution in [3.8, 4) is 0 Å². The smallest absolute Gasteiger partial charge is 0.304 e. The third-order valence-electron chi connectivity index (χ3n) is 3.86. The first-order chi connectivity index (χ1) is 6.85. The van der Waals surface area contributed by atoms with Crippen molar-refractivity contribution in [3.05, 3.63) is 0 Å². The van der Waals surface area contributed by atoms with Gasteiger partial charge in [0.2, 0.25) is 0 Å². The van der Waals surface area contributed by atoms with E-state index in [1.807, 2.05) is 6.92 Å². The maximum Gasteiger partial charge on any atom is 0.406 e. The summed E-state index contributed by atoms with van der Waals surface area (Å²) in [5.74, 6) is -0.203. The number of rotatable bonds is 2. The van der Waals surface area contributed by atoms with Crippen molar-refractivity contribution in [2.75, 3.05) is 6.54 Å². The lowest BCUT2D eigenvalue weighted by Crippen LogP contribution is -2.63. The second-order valence-electron chi connectivity index (χ2n) is 4.66. The molecule has 3 unspecified atom stereocenters. The van der Waals surface area contributed by atoms with Crippen molar-refractivity contribution in [2.45, 2.75) is 51.7 Å². The van der Waals surface area contributed by atoms with Gasteiger partial charge in [-0.2, -0.15) is 13.2 Å². The minimum atomic E-state index is -4.14. The van der Waals surface area contributed by atoms with E-state index in [1.165, 1.54) is 0 Å². The van der Waals surface area contributed by atoms with Gasteiger partial charge in [-0.25, -0.2) is 0 Å². The van der Waals surface area contributed by atoms with E-state index in [2.05, 4.69) is 5.32 Å². The van der Waals surface area contributed by atoms with E-state index in [9.17, 15) is 13.2 Å². The molecule has 0 aliphatic heterocycles. The first-order valence-electron chi connectivity index (χ1n) is 5.67. The highest BCUT2D eigenvalue weighted by Gasteiger charge is 2.59. The normalized spacial score (nSPS) is 38.0. The Morgan fingerprint density at radius 1 is 1.33 bits per heavy atom. The monoisotopic (exact) mass is 223 g/mol. The average Bonchev–Trinajstić information content (AvgIpc) is 2.11. The molecule has 15 heavy (non-hydrogen) atoms. The standard InChI is InChI=1S/C11H20F3N/c1-4-15-10(11(12,13)14)7-5-6-8(2)9(10)3/h8-9,15H,4-7H2,1-3H3. The second-order valence-corrected chi connectivity index (χ2v) is 4.66. The summed E-state index contributed by atoms with van der Waals surface area (Å²) in [5.41, 5.74) is -1.65. The van der Waals surface area contributed by atoms with Crippen LogP contribution in [0.1, 0.15) is 40.0 Å². The molecule has 0 heterocycles. The molecule has 4 heteroatoms. The van der Waals surface area contributed by atoms with Gasteiger partial charge in [-0.05, 0) is 24.8 Å². The molecule has 1 rings (SSSR count). The number of nitrogens with one attached hydrogen (secondary N) is 1. The fourth-order valence-electron chi connectivity index (χ4n) is 2.73. The van der Waals surface area contributed by atoms with Crippen LogP contribution >= 0.6 is 0 Å². The summed E-state index contributed by atoms with van der Waals surface area (Å²) in [4.78, 5) is 0. The molecule has 0 aromatic rings. The zero-order valence-electron chi connectivity index (χ0n) is 9.62. The number of halogens is 3. The van der Waals surface area contributed by atoms with Crippen LogP contribution in [-0.4, -0.2) is 18.3 Å². The summed E-state index contributed by atoms with van der Waals surface area (Å²) in [6, 6.07) is 0. The van der Waals surface area contributed by atoms with Crippen LogP contribution in [0.15, 0.2) is 0 Å². The van der Waals surface area contributed by atoms with Crippen LogP contribution in [0.2, 0.25) is 0 Å². The summed E-state index contributed by atoms with van der Waals surface area (Å²) < 4.78 is 39.4. The maximum absolute atomic E-state index is 13.1. The Bertz CT molecular complexity index is 210. The van der Waals surface area contributed by atoms with E-state index in [4.69, 9.17) is 0 Å². The molecule has 0 saturated heterocycles. The van der Waals surface area contributed by atoms with Gasteiger partial charge < -0.3 is 5.32 Å². The molecule has 90 valence electrons. The van der Waals surface area contributed by atoms with Crippen LogP contribution in [-0.2, 0) is 0 Å². The summed E-state index contributed by atoms with van der Waals surface area (Å²) in [6.45, 7) is 5.75. The molecule has 0 aromatic heterocycles. The molecule has 1 saturated carbocycles. The predicted octanol–water partition coefficient (Wildman–Crippen LogP) is 3.35. The largest absolute Gasteiger partial charge is 0.406 e. The van der Waals surface area contributed by atoms with Gasteiger partial charge in [0.15, 0.2) is 0 Å². The number of hydrogen-bond acceptors (Lipinski definition) is 1. The van der Waals surface area contributed by atoms with Crippen molar-refractivity contribution in [1.29, 1.82) is 0 Å². The van der Waals surface area contributed by atoms with E-state index in [1.54, 1.807) is 13.8 Å². The molecule has 1 aliphatic carbocycles. The Labute approximate surface area is 89.4 Å². The first-order valence-corrected chi connectivity index (χ1v) is 5.67. The van der Waals surface area contributed by atoms with Gasteiger partial charge in [0.05, 0.1) is 0 Å². The van der Waals surface area contributed by atoms with Crippen LogP contribution in [0.5, 0.6) is 0 Å². The third kappa shape index (κ3) is 2.14. The van der Waals surface area contributed by atoms with Crippen LogP contribution in [0.3, 0.4) is 0 Å². The zero-order valence-corrected chi connectivity index (χ0v) is 9.62. The molecule has 1 N–H and O–H groups in total. The quantitative estimate of drug-likeness (QED) is 0.757. The summed E-state index contributed by atoms with van der Waals surface area (Å²) in [7, 11) is 0. The van der Waals surface area contributed by atoms with Crippen LogP contribution in [0, 0.1) is 11.8 Å². The summed E-state index contributed by atoms with van der Waals surface area (Å²) in [6.07, 6.45) is -2.35. The molecule has 0 amide bonds. The molecule has 0 bridgehead atoms. The van der Waals surface area contributed by atoms with Gasteiger partial charge in [-0.1, -0.05) is 33.6 Å². The second kappa shape index (κ2) is 4.32. The predicted molar refractivity (Wildman–Crippen MR) is 54.6 cm³/mol. The molecular formula is C11H20F3N. The molecule has 0 spiro atoms. The lowest BCUT2D eigenvalue weighted by molar-refractivity contribution is -0.224.